The maximum atomic E-state index is 12.7. The van der Waals surface area contributed by atoms with E-state index < -0.39 is 11.6 Å². The van der Waals surface area contributed by atoms with Gasteiger partial charge in [-0.1, -0.05) is 35.3 Å². The summed E-state index contributed by atoms with van der Waals surface area (Å²) in [4.78, 5) is 26.4. The van der Waals surface area contributed by atoms with Gasteiger partial charge < -0.3 is 20.1 Å². The number of anilines is 3. The fourth-order valence-electron chi connectivity index (χ4n) is 3.82. The van der Waals surface area contributed by atoms with Crippen LogP contribution in [0.1, 0.15) is 26.3 Å². The molecule has 9 nitrogen and oxygen atoms in total. The first-order valence-corrected chi connectivity index (χ1v) is 12.2. The number of fused-ring (bicyclic) bond motifs is 2. The van der Waals surface area contributed by atoms with Gasteiger partial charge in [0.05, 0.1) is 16.7 Å². The Morgan fingerprint density at radius 1 is 1.05 bits per heavy atom. The average molecular weight is 539 g/mol. The van der Waals surface area contributed by atoms with Crippen LogP contribution in [0.25, 0.3) is 22.2 Å². The second-order valence-electron chi connectivity index (χ2n) is 9.47. The van der Waals surface area contributed by atoms with E-state index in [1.54, 1.807) is 30.5 Å². The van der Waals surface area contributed by atoms with E-state index in [0.29, 0.717) is 44.8 Å². The number of hydrogen-bond acceptors (Lipinski definition) is 7. The van der Waals surface area contributed by atoms with E-state index >= 15 is 0 Å². The summed E-state index contributed by atoms with van der Waals surface area (Å²) < 4.78 is 10.8. The summed E-state index contributed by atoms with van der Waals surface area (Å²) in [5, 5.41) is 10.4. The van der Waals surface area contributed by atoms with Gasteiger partial charge in [0, 0.05) is 45.6 Å². The van der Waals surface area contributed by atoms with Crippen molar-refractivity contribution in [2.75, 3.05) is 17.4 Å². The number of urea groups is 1. The van der Waals surface area contributed by atoms with Gasteiger partial charge >= 0.3 is 6.03 Å². The number of carbonyl (C=O) groups excluding carboxylic acids is 1. The lowest BCUT2D eigenvalue weighted by Gasteiger charge is -2.21. The minimum Gasteiger partial charge on any atom is -0.467 e. The van der Waals surface area contributed by atoms with Gasteiger partial charge in [0.25, 0.3) is 0 Å². The summed E-state index contributed by atoms with van der Waals surface area (Å²) in [6, 6.07) is 12.3. The van der Waals surface area contributed by atoms with E-state index in [2.05, 4.69) is 30.9 Å². The Hall–Kier alpha value is -3.66. The third kappa shape index (κ3) is 5.69. The normalized spacial score (nSPS) is 13.0. The van der Waals surface area contributed by atoms with Crippen LogP contribution in [0.2, 0.25) is 10.0 Å². The predicted molar refractivity (Wildman–Crippen MR) is 145 cm³/mol. The zero-order valence-corrected chi connectivity index (χ0v) is 21.9. The monoisotopic (exact) mass is 538 g/mol. The molecule has 0 unspecified atom stereocenters. The van der Waals surface area contributed by atoms with Crippen molar-refractivity contribution in [3.05, 3.63) is 64.3 Å². The number of nitrogens with zero attached hydrogens (tertiary/aromatic N) is 3. The molecule has 2 aromatic carbocycles. The highest BCUT2D eigenvalue weighted by atomic mass is 35.5. The van der Waals surface area contributed by atoms with Crippen LogP contribution < -0.4 is 20.7 Å². The van der Waals surface area contributed by atoms with Crippen LogP contribution in [-0.2, 0) is 11.3 Å². The van der Waals surface area contributed by atoms with Crippen molar-refractivity contribution in [3.63, 3.8) is 0 Å². The summed E-state index contributed by atoms with van der Waals surface area (Å²) in [7, 11) is 0. The predicted octanol–water partition coefficient (Wildman–Crippen LogP) is 6.53. The van der Waals surface area contributed by atoms with Gasteiger partial charge in [-0.05, 0) is 45.0 Å². The molecule has 11 heteroatoms. The second kappa shape index (κ2) is 10.0. The smallest absolute Gasteiger partial charge is 0.320 e. The molecule has 0 bridgehead atoms. The first-order chi connectivity index (χ1) is 17.7. The maximum Gasteiger partial charge on any atom is 0.320 e. The van der Waals surface area contributed by atoms with Crippen molar-refractivity contribution in [1.82, 2.24) is 20.3 Å². The third-order valence-corrected chi connectivity index (χ3v) is 6.03. The minimum atomic E-state index is -0.451. The fourth-order valence-corrected chi connectivity index (χ4v) is 4.42. The van der Waals surface area contributed by atoms with E-state index in [1.807, 2.05) is 39.0 Å². The summed E-state index contributed by atoms with van der Waals surface area (Å²) >= 11 is 13.0. The fraction of sp³-hybridized carbons (Fsp3) is 0.231. The standard InChI is InChI=1S/C26H24Cl2N6O3/c1-26(2,3)34-25(35)33-23-17(21-18(27)5-4-6-19(21)28)9-15-11-29-24(32-22(15)31-23)30-16-8-7-14-12-36-13-37-20(14)10-16/h4-11H,12-13H2,1-3H3,(H3,29,30,31,32,33,34,35). The Balaban J connectivity index is 1.54. The molecule has 1 aliphatic heterocycles. The van der Waals surface area contributed by atoms with Gasteiger partial charge in [-0.3, -0.25) is 5.32 Å². The van der Waals surface area contributed by atoms with E-state index in [1.165, 1.54) is 0 Å². The number of hydrogen-bond donors (Lipinski definition) is 3. The molecular formula is C26H24Cl2N6O3. The average Bonchev–Trinajstić information content (AvgIpc) is 2.83. The molecule has 0 fully saturated rings. The summed E-state index contributed by atoms with van der Waals surface area (Å²) in [6.45, 7) is 6.37. The van der Waals surface area contributed by atoms with Gasteiger partial charge in [0.2, 0.25) is 5.95 Å². The molecule has 5 rings (SSSR count). The number of benzene rings is 2. The van der Waals surface area contributed by atoms with Crippen LogP contribution in [0.5, 0.6) is 5.75 Å². The quantitative estimate of drug-likeness (QED) is 0.271. The molecule has 0 radical (unpaired) electrons. The number of amides is 2. The van der Waals surface area contributed by atoms with Crippen LogP contribution in [0.3, 0.4) is 0 Å². The number of rotatable bonds is 4. The van der Waals surface area contributed by atoms with Gasteiger partial charge in [0.1, 0.15) is 11.6 Å². The molecule has 3 heterocycles. The highest BCUT2D eigenvalue weighted by Crippen LogP contribution is 2.39. The topological polar surface area (TPSA) is 110 Å². The van der Waals surface area contributed by atoms with Crippen LogP contribution in [0, 0.1) is 0 Å². The second-order valence-corrected chi connectivity index (χ2v) is 10.3. The van der Waals surface area contributed by atoms with Crippen LogP contribution in [0.4, 0.5) is 22.2 Å². The van der Waals surface area contributed by atoms with Crippen molar-refractivity contribution in [3.8, 4) is 16.9 Å². The molecule has 1 aliphatic rings. The largest absolute Gasteiger partial charge is 0.467 e. The number of carbonyl (C=O) groups is 1. The molecule has 2 aromatic heterocycles. The lowest BCUT2D eigenvalue weighted by Crippen LogP contribution is -2.43. The number of halogens is 2. The molecular weight excluding hydrogens is 515 g/mol. The van der Waals surface area contributed by atoms with Crippen LogP contribution in [-0.4, -0.2) is 33.3 Å². The Morgan fingerprint density at radius 3 is 2.59 bits per heavy atom. The summed E-state index contributed by atoms with van der Waals surface area (Å²) in [5.41, 5.74) is 2.73. The molecule has 0 spiro atoms. The highest BCUT2D eigenvalue weighted by molar-refractivity contribution is 6.39. The summed E-state index contributed by atoms with van der Waals surface area (Å²) in [6.07, 6.45) is 1.65. The Kier molecular flexibility index (Phi) is 6.76. The van der Waals surface area contributed by atoms with Gasteiger partial charge in [0.15, 0.2) is 12.4 Å². The zero-order valence-electron chi connectivity index (χ0n) is 20.4. The van der Waals surface area contributed by atoms with Crippen LogP contribution >= 0.6 is 23.2 Å². The first kappa shape index (κ1) is 25.0. The minimum absolute atomic E-state index is 0.212. The molecule has 2 amide bonds. The Labute approximate surface area is 223 Å². The zero-order chi connectivity index (χ0) is 26.2. The third-order valence-electron chi connectivity index (χ3n) is 5.40. The van der Waals surface area contributed by atoms with Gasteiger partial charge in [-0.25, -0.2) is 14.8 Å². The molecule has 190 valence electrons. The van der Waals surface area contributed by atoms with Crippen LogP contribution in [0.15, 0.2) is 48.7 Å². The van der Waals surface area contributed by atoms with E-state index in [-0.39, 0.29) is 12.6 Å². The van der Waals surface area contributed by atoms with Crippen molar-refractivity contribution < 1.29 is 14.3 Å². The van der Waals surface area contributed by atoms with Crippen molar-refractivity contribution in [2.24, 2.45) is 0 Å². The number of nitrogens with one attached hydrogen (secondary N) is 3. The Bertz CT molecular complexity index is 1490. The van der Waals surface area contributed by atoms with Gasteiger partial charge in [-0.2, -0.15) is 4.98 Å². The maximum absolute atomic E-state index is 12.7. The Morgan fingerprint density at radius 2 is 1.84 bits per heavy atom. The van der Waals surface area contributed by atoms with Crippen molar-refractivity contribution >= 4 is 57.7 Å². The SMILES string of the molecule is CC(C)(C)NC(=O)Nc1nc2nc(Nc3ccc4c(c3)OCOC4)ncc2cc1-c1c(Cl)cccc1Cl. The molecule has 4 aromatic rings. The molecule has 0 aliphatic carbocycles. The number of pyridine rings is 1. The molecule has 0 saturated carbocycles. The van der Waals surface area contributed by atoms with Gasteiger partial charge in [-0.15, -0.1) is 0 Å². The van der Waals surface area contributed by atoms with E-state index in [4.69, 9.17) is 32.7 Å². The lowest BCUT2D eigenvalue weighted by atomic mass is 10.0. The highest BCUT2D eigenvalue weighted by Gasteiger charge is 2.20. The number of ether oxygens (including phenoxy) is 2. The molecule has 3 N–H and O–H groups in total. The number of aromatic nitrogens is 3. The molecule has 0 saturated heterocycles. The first-order valence-electron chi connectivity index (χ1n) is 11.5. The lowest BCUT2D eigenvalue weighted by molar-refractivity contribution is -0.0163. The van der Waals surface area contributed by atoms with E-state index in [9.17, 15) is 4.79 Å². The van der Waals surface area contributed by atoms with Crippen molar-refractivity contribution in [1.29, 1.82) is 0 Å². The van der Waals surface area contributed by atoms with E-state index in [0.717, 1.165) is 17.0 Å². The van der Waals surface area contributed by atoms with Crippen molar-refractivity contribution in [2.45, 2.75) is 32.9 Å². The molecule has 0 atom stereocenters. The molecule has 37 heavy (non-hydrogen) atoms. The summed E-state index contributed by atoms with van der Waals surface area (Å²) in [5.74, 6) is 1.34.